The lowest BCUT2D eigenvalue weighted by atomic mass is 10.1. The molecule has 0 radical (unpaired) electrons. The molecule has 2 heterocycles. The van der Waals surface area contributed by atoms with Gasteiger partial charge in [-0.1, -0.05) is 23.7 Å². The van der Waals surface area contributed by atoms with Crippen LogP contribution in [0, 0.1) is 0 Å². The van der Waals surface area contributed by atoms with Crippen molar-refractivity contribution in [1.29, 1.82) is 0 Å². The van der Waals surface area contributed by atoms with Crippen molar-refractivity contribution in [2.24, 2.45) is 0 Å². The Hall–Kier alpha value is -1.31. The van der Waals surface area contributed by atoms with Crippen molar-refractivity contribution in [2.45, 2.75) is 23.7 Å². The minimum Gasteiger partial charge on any atom is -0.477 e. The van der Waals surface area contributed by atoms with Crippen molar-refractivity contribution >= 4 is 23.4 Å². The summed E-state index contributed by atoms with van der Waals surface area (Å²) in [7, 11) is 0. The van der Waals surface area contributed by atoms with Crippen molar-refractivity contribution in [3.05, 3.63) is 47.6 Å². The third kappa shape index (κ3) is 3.62. The number of pyridine rings is 1. The average molecular weight is 354 g/mol. The number of ether oxygens (including phenoxy) is 1. The van der Waals surface area contributed by atoms with Crippen molar-refractivity contribution < 1.29 is 20.1 Å². The number of aliphatic hydroxyl groups excluding tert-OH is 3. The van der Waals surface area contributed by atoms with Crippen molar-refractivity contribution in [3.63, 3.8) is 0 Å². The lowest BCUT2D eigenvalue weighted by Gasteiger charge is -2.34. The number of halogens is 1. The molecule has 1 aromatic heterocycles. The quantitative estimate of drug-likeness (QED) is 0.782. The van der Waals surface area contributed by atoms with Gasteiger partial charge in [0.05, 0.1) is 16.8 Å². The number of thioether (sulfide) groups is 1. The van der Waals surface area contributed by atoms with Gasteiger partial charge in [0, 0.05) is 17.5 Å². The summed E-state index contributed by atoms with van der Waals surface area (Å²) < 4.78 is 5.76. The van der Waals surface area contributed by atoms with Gasteiger partial charge in [-0.05, 0) is 24.3 Å². The molecule has 7 heteroatoms. The molecule has 1 aliphatic rings. The first-order valence-electron chi connectivity index (χ1n) is 7.09. The van der Waals surface area contributed by atoms with Gasteiger partial charge in [0.2, 0.25) is 0 Å². The molecule has 0 bridgehead atoms. The molecular weight excluding hydrogens is 338 g/mol. The Labute approximate surface area is 142 Å². The fourth-order valence-electron chi connectivity index (χ4n) is 2.33. The molecule has 23 heavy (non-hydrogen) atoms. The minimum atomic E-state index is -1.21. The topological polar surface area (TPSA) is 82.8 Å². The molecule has 1 saturated heterocycles. The summed E-state index contributed by atoms with van der Waals surface area (Å²) in [6, 6.07) is 10.7. The second-order valence-electron chi connectivity index (χ2n) is 5.23. The Morgan fingerprint density at radius 1 is 1.13 bits per heavy atom. The fraction of sp³-hybridized carbons (Fsp3) is 0.312. The van der Waals surface area contributed by atoms with Crippen LogP contribution in [0.3, 0.4) is 0 Å². The van der Waals surface area contributed by atoms with E-state index in [4.69, 9.17) is 16.3 Å². The molecule has 0 aliphatic carbocycles. The van der Waals surface area contributed by atoms with Crippen molar-refractivity contribution in [2.75, 3.05) is 5.75 Å². The van der Waals surface area contributed by atoms with Gasteiger partial charge < -0.3 is 20.1 Å². The van der Waals surface area contributed by atoms with Crippen LogP contribution in [0.2, 0.25) is 5.02 Å². The zero-order valence-corrected chi connectivity index (χ0v) is 13.6. The Bertz CT molecular complexity index is 687. The molecular formula is C16H16ClNO4S. The predicted octanol–water partition coefficient (Wildman–Crippen LogP) is 1.94. The maximum atomic E-state index is 10.0. The van der Waals surface area contributed by atoms with Crippen LogP contribution in [-0.4, -0.2) is 49.8 Å². The van der Waals surface area contributed by atoms with Gasteiger partial charge in [0.15, 0.2) is 5.44 Å². The molecule has 122 valence electrons. The summed E-state index contributed by atoms with van der Waals surface area (Å²) in [5.74, 6) is 0.832. The first-order chi connectivity index (χ1) is 11.1. The van der Waals surface area contributed by atoms with Gasteiger partial charge in [0.25, 0.3) is 0 Å². The second-order valence-corrected chi connectivity index (χ2v) is 6.77. The van der Waals surface area contributed by atoms with Gasteiger partial charge >= 0.3 is 0 Å². The van der Waals surface area contributed by atoms with E-state index in [1.165, 1.54) is 11.8 Å². The van der Waals surface area contributed by atoms with Crippen molar-refractivity contribution in [3.8, 4) is 17.0 Å². The molecule has 3 N–H and O–H groups in total. The molecule has 2 aromatic rings. The van der Waals surface area contributed by atoms with E-state index in [1.807, 2.05) is 6.07 Å². The van der Waals surface area contributed by atoms with Gasteiger partial charge in [-0.3, -0.25) is 4.98 Å². The SMILES string of the molecule is O[C@@H]1[C@@H](O)[C@H](Oc2cccc(-c3ncccc3Cl)c2)SC[C@H]1O. The summed E-state index contributed by atoms with van der Waals surface area (Å²) in [5, 5.41) is 29.8. The van der Waals surface area contributed by atoms with E-state index in [0.29, 0.717) is 22.2 Å². The second kappa shape index (κ2) is 7.07. The Morgan fingerprint density at radius 2 is 1.96 bits per heavy atom. The lowest BCUT2D eigenvalue weighted by Crippen LogP contribution is -2.50. The van der Waals surface area contributed by atoms with E-state index in [0.717, 1.165) is 5.56 Å². The number of nitrogens with zero attached hydrogens (tertiary/aromatic N) is 1. The van der Waals surface area contributed by atoms with E-state index in [-0.39, 0.29) is 0 Å². The smallest absolute Gasteiger partial charge is 0.173 e. The average Bonchev–Trinajstić information content (AvgIpc) is 2.56. The third-order valence-electron chi connectivity index (χ3n) is 3.57. The van der Waals surface area contributed by atoms with E-state index in [9.17, 15) is 15.3 Å². The Balaban J connectivity index is 1.80. The largest absolute Gasteiger partial charge is 0.477 e. The van der Waals surface area contributed by atoms with Crippen LogP contribution in [0.15, 0.2) is 42.6 Å². The molecule has 0 spiro atoms. The summed E-state index contributed by atoms with van der Waals surface area (Å²) in [4.78, 5) is 4.26. The highest BCUT2D eigenvalue weighted by Gasteiger charge is 2.38. The zero-order chi connectivity index (χ0) is 16.4. The molecule has 0 unspecified atom stereocenters. The molecule has 5 nitrogen and oxygen atoms in total. The van der Waals surface area contributed by atoms with Gasteiger partial charge in [-0.25, -0.2) is 0 Å². The van der Waals surface area contributed by atoms with Crippen LogP contribution in [0.5, 0.6) is 5.75 Å². The Morgan fingerprint density at radius 3 is 2.74 bits per heavy atom. The molecule has 0 amide bonds. The van der Waals surface area contributed by atoms with Crippen molar-refractivity contribution in [1.82, 2.24) is 4.98 Å². The highest BCUT2D eigenvalue weighted by molar-refractivity contribution is 7.99. The fourth-order valence-corrected chi connectivity index (χ4v) is 3.68. The van der Waals surface area contributed by atoms with E-state index in [1.54, 1.807) is 36.5 Å². The molecule has 4 atom stereocenters. The first kappa shape index (κ1) is 16.5. The normalized spacial score (nSPS) is 27.7. The van der Waals surface area contributed by atoms with Gasteiger partial charge in [-0.15, -0.1) is 11.8 Å². The monoisotopic (exact) mass is 353 g/mol. The predicted molar refractivity (Wildman–Crippen MR) is 89.6 cm³/mol. The number of hydrogen-bond donors (Lipinski definition) is 3. The number of rotatable bonds is 3. The Kier molecular flexibility index (Phi) is 5.08. The summed E-state index contributed by atoms with van der Waals surface area (Å²) in [6.45, 7) is 0. The van der Waals surface area contributed by atoms with Crippen LogP contribution in [0.1, 0.15) is 0 Å². The van der Waals surface area contributed by atoms with Crippen LogP contribution in [-0.2, 0) is 0 Å². The van der Waals surface area contributed by atoms with Gasteiger partial charge in [-0.2, -0.15) is 0 Å². The number of aromatic nitrogens is 1. The number of hydrogen-bond acceptors (Lipinski definition) is 6. The summed E-state index contributed by atoms with van der Waals surface area (Å²) in [6.07, 6.45) is -1.67. The first-order valence-corrected chi connectivity index (χ1v) is 8.52. The maximum Gasteiger partial charge on any atom is 0.173 e. The minimum absolute atomic E-state index is 0.300. The van der Waals surface area contributed by atoms with E-state index < -0.39 is 23.7 Å². The highest BCUT2D eigenvalue weighted by atomic mass is 35.5. The molecule has 1 aliphatic heterocycles. The molecule has 1 aromatic carbocycles. The van der Waals surface area contributed by atoms with Gasteiger partial charge in [0.1, 0.15) is 18.0 Å². The molecule has 1 fully saturated rings. The number of aliphatic hydroxyl groups is 3. The molecule has 0 saturated carbocycles. The summed E-state index contributed by atoms with van der Waals surface area (Å²) >= 11 is 7.41. The van der Waals surface area contributed by atoms with Crippen LogP contribution >= 0.6 is 23.4 Å². The highest BCUT2D eigenvalue weighted by Crippen LogP contribution is 2.32. The van der Waals surface area contributed by atoms with E-state index in [2.05, 4.69) is 4.98 Å². The third-order valence-corrected chi connectivity index (χ3v) is 5.11. The maximum absolute atomic E-state index is 10.0. The molecule has 3 rings (SSSR count). The standard InChI is InChI=1S/C16H16ClNO4S/c17-11-5-2-6-18-13(11)9-3-1-4-10(7-9)22-16-15(21)14(20)12(19)8-23-16/h1-7,12,14-16,19-21H,8H2/t12-,14+,15-,16-/m1/s1. The zero-order valence-electron chi connectivity index (χ0n) is 12.0. The van der Waals surface area contributed by atoms with Crippen LogP contribution in [0.25, 0.3) is 11.3 Å². The van der Waals surface area contributed by atoms with Crippen LogP contribution < -0.4 is 4.74 Å². The number of benzene rings is 1. The van der Waals surface area contributed by atoms with Crippen LogP contribution in [0.4, 0.5) is 0 Å². The summed E-state index contributed by atoms with van der Waals surface area (Å²) in [5.41, 5.74) is 0.791. The van der Waals surface area contributed by atoms with E-state index >= 15 is 0 Å². The lowest BCUT2D eigenvalue weighted by molar-refractivity contribution is -0.0786.